The van der Waals surface area contributed by atoms with Crippen molar-refractivity contribution in [3.05, 3.63) is 34.3 Å². The van der Waals surface area contributed by atoms with E-state index < -0.39 is 23.9 Å². The maximum absolute atomic E-state index is 13.8. The van der Waals surface area contributed by atoms with E-state index in [0.717, 1.165) is 4.47 Å². The van der Waals surface area contributed by atoms with Gasteiger partial charge in [-0.3, -0.25) is 4.79 Å². The van der Waals surface area contributed by atoms with Crippen molar-refractivity contribution in [1.29, 1.82) is 0 Å². The third-order valence-electron chi connectivity index (χ3n) is 2.49. The summed E-state index contributed by atoms with van der Waals surface area (Å²) in [6.45, 7) is 5.14. The lowest BCUT2D eigenvalue weighted by molar-refractivity contribution is -0.156. The van der Waals surface area contributed by atoms with E-state index in [4.69, 9.17) is 4.74 Å². The standard InChI is InChI=1S/C15H19BrF2O2/c1-14(2,3)20-13(19)8-9-15(17,18)10-11-4-6-12(16)7-5-11/h4-7H,8-10H2,1-3H3. The molecule has 0 radical (unpaired) electrons. The van der Waals surface area contributed by atoms with Crippen LogP contribution in [-0.2, 0) is 16.0 Å². The zero-order valence-electron chi connectivity index (χ0n) is 11.9. The van der Waals surface area contributed by atoms with Crippen LogP contribution in [0, 0.1) is 0 Å². The summed E-state index contributed by atoms with van der Waals surface area (Å²) in [5.41, 5.74) is -0.0969. The molecule has 2 nitrogen and oxygen atoms in total. The largest absolute Gasteiger partial charge is 0.460 e. The molecule has 0 fully saturated rings. The van der Waals surface area contributed by atoms with Gasteiger partial charge in [0.25, 0.3) is 5.92 Å². The van der Waals surface area contributed by atoms with Gasteiger partial charge in [-0.25, -0.2) is 8.78 Å². The summed E-state index contributed by atoms with van der Waals surface area (Å²) < 4.78 is 33.4. The van der Waals surface area contributed by atoms with Crippen LogP contribution < -0.4 is 0 Å². The summed E-state index contributed by atoms with van der Waals surface area (Å²) in [7, 11) is 0. The molecule has 0 bridgehead atoms. The van der Waals surface area contributed by atoms with Crippen molar-refractivity contribution in [2.45, 2.75) is 51.6 Å². The molecule has 0 unspecified atom stereocenters. The van der Waals surface area contributed by atoms with Crippen molar-refractivity contribution in [3.63, 3.8) is 0 Å². The fraction of sp³-hybridized carbons (Fsp3) is 0.533. The predicted molar refractivity (Wildman–Crippen MR) is 77.9 cm³/mol. The highest BCUT2D eigenvalue weighted by Gasteiger charge is 2.30. The van der Waals surface area contributed by atoms with Gasteiger partial charge in [0.1, 0.15) is 5.60 Å². The number of carbonyl (C=O) groups is 1. The van der Waals surface area contributed by atoms with Gasteiger partial charge < -0.3 is 4.74 Å². The number of hydrogen-bond donors (Lipinski definition) is 0. The third-order valence-corrected chi connectivity index (χ3v) is 3.02. The molecule has 0 heterocycles. The van der Waals surface area contributed by atoms with Gasteiger partial charge in [0.05, 0.1) is 6.42 Å². The van der Waals surface area contributed by atoms with Crippen molar-refractivity contribution in [1.82, 2.24) is 0 Å². The Balaban J connectivity index is 2.49. The molecule has 0 spiro atoms. The van der Waals surface area contributed by atoms with Crippen molar-refractivity contribution in [2.75, 3.05) is 0 Å². The van der Waals surface area contributed by atoms with Gasteiger partial charge in [-0.2, -0.15) is 0 Å². The number of carbonyl (C=O) groups excluding carboxylic acids is 1. The molecular formula is C15H19BrF2O2. The third kappa shape index (κ3) is 6.98. The lowest BCUT2D eigenvalue weighted by Gasteiger charge is -2.21. The van der Waals surface area contributed by atoms with E-state index in [9.17, 15) is 13.6 Å². The summed E-state index contributed by atoms with van der Waals surface area (Å²) in [6.07, 6.45) is -1.15. The first-order valence-corrected chi connectivity index (χ1v) is 7.21. The molecule has 1 rings (SSSR count). The Morgan fingerprint density at radius 1 is 1.20 bits per heavy atom. The summed E-state index contributed by atoms with van der Waals surface area (Å²) in [4.78, 5) is 11.4. The molecule has 0 atom stereocenters. The van der Waals surface area contributed by atoms with Crippen molar-refractivity contribution in [3.8, 4) is 0 Å². The molecule has 1 aromatic rings. The van der Waals surface area contributed by atoms with Crippen LogP contribution in [0.15, 0.2) is 28.7 Å². The monoisotopic (exact) mass is 348 g/mol. The summed E-state index contributed by atoms with van der Waals surface area (Å²) in [6, 6.07) is 6.73. The topological polar surface area (TPSA) is 26.3 Å². The second-order valence-electron chi connectivity index (χ2n) is 5.75. The molecule has 1 aromatic carbocycles. The minimum atomic E-state index is -2.91. The van der Waals surface area contributed by atoms with Gasteiger partial charge in [0.15, 0.2) is 0 Å². The summed E-state index contributed by atoms with van der Waals surface area (Å²) in [5, 5.41) is 0. The van der Waals surface area contributed by atoms with Crippen molar-refractivity contribution < 1.29 is 18.3 Å². The SMILES string of the molecule is CC(C)(C)OC(=O)CCC(F)(F)Cc1ccc(Br)cc1. The number of esters is 1. The molecule has 112 valence electrons. The minimum Gasteiger partial charge on any atom is -0.460 e. The van der Waals surface area contributed by atoms with Crippen LogP contribution in [0.2, 0.25) is 0 Å². The fourth-order valence-corrected chi connectivity index (χ4v) is 1.93. The van der Waals surface area contributed by atoms with E-state index in [-0.39, 0.29) is 12.8 Å². The van der Waals surface area contributed by atoms with Crippen LogP contribution in [0.4, 0.5) is 8.78 Å². The van der Waals surface area contributed by atoms with Crippen LogP contribution in [0.1, 0.15) is 39.2 Å². The predicted octanol–water partition coefficient (Wildman–Crippen LogP) is 4.75. The Labute approximate surface area is 126 Å². The van der Waals surface area contributed by atoms with E-state index in [0.29, 0.717) is 5.56 Å². The molecule has 0 aliphatic rings. The molecule has 0 aliphatic heterocycles. The normalized spacial score (nSPS) is 12.3. The molecule has 0 aliphatic carbocycles. The Morgan fingerprint density at radius 3 is 2.25 bits per heavy atom. The highest BCUT2D eigenvalue weighted by atomic mass is 79.9. The Morgan fingerprint density at radius 2 is 1.75 bits per heavy atom. The number of alkyl halides is 2. The first kappa shape index (κ1) is 17.1. The molecule has 20 heavy (non-hydrogen) atoms. The zero-order chi connectivity index (χ0) is 15.4. The van der Waals surface area contributed by atoms with Crippen LogP contribution in [0.5, 0.6) is 0 Å². The van der Waals surface area contributed by atoms with Gasteiger partial charge in [-0.15, -0.1) is 0 Å². The molecule has 0 saturated carbocycles. The van der Waals surface area contributed by atoms with Crippen molar-refractivity contribution >= 4 is 21.9 Å². The quantitative estimate of drug-likeness (QED) is 0.717. The minimum absolute atomic E-state index is 0.277. The summed E-state index contributed by atoms with van der Waals surface area (Å²) in [5.74, 6) is -3.50. The average Bonchev–Trinajstić information content (AvgIpc) is 2.27. The number of ether oxygens (including phenoxy) is 1. The molecule has 5 heteroatoms. The first-order valence-electron chi connectivity index (χ1n) is 6.41. The summed E-state index contributed by atoms with van der Waals surface area (Å²) >= 11 is 3.25. The number of halogens is 3. The zero-order valence-corrected chi connectivity index (χ0v) is 13.5. The highest BCUT2D eigenvalue weighted by molar-refractivity contribution is 9.10. The van der Waals surface area contributed by atoms with Gasteiger partial charge in [-0.1, -0.05) is 28.1 Å². The number of benzene rings is 1. The second-order valence-corrected chi connectivity index (χ2v) is 6.66. The van der Waals surface area contributed by atoms with Gasteiger partial charge in [-0.05, 0) is 38.5 Å². The average molecular weight is 349 g/mol. The second kappa shape index (κ2) is 6.66. The van der Waals surface area contributed by atoms with Gasteiger partial charge in [0.2, 0.25) is 0 Å². The molecule has 0 amide bonds. The van der Waals surface area contributed by atoms with Crippen LogP contribution in [0.3, 0.4) is 0 Å². The maximum atomic E-state index is 13.8. The number of rotatable bonds is 5. The fourth-order valence-electron chi connectivity index (χ4n) is 1.67. The lowest BCUT2D eigenvalue weighted by atomic mass is 10.0. The van der Waals surface area contributed by atoms with E-state index in [1.165, 1.54) is 0 Å². The van der Waals surface area contributed by atoms with E-state index >= 15 is 0 Å². The first-order chi connectivity index (χ1) is 9.07. The lowest BCUT2D eigenvalue weighted by Crippen LogP contribution is -2.26. The van der Waals surface area contributed by atoms with E-state index in [1.807, 2.05) is 0 Å². The Hall–Kier alpha value is -0.970. The molecule has 0 N–H and O–H groups in total. The highest BCUT2D eigenvalue weighted by Crippen LogP contribution is 2.26. The smallest absolute Gasteiger partial charge is 0.306 e. The van der Waals surface area contributed by atoms with Gasteiger partial charge in [0, 0.05) is 17.3 Å². The van der Waals surface area contributed by atoms with Crippen LogP contribution >= 0.6 is 15.9 Å². The van der Waals surface area contributed by atoms with E-state index in [2.05, 4.69) is 15.9 Å². The molecule has 0 aromatic heterocycles. The maximum Gasteiger partial charge on any atom is 0.306 e. The van der Waals surface area contributed by atoms with Crippen LogP contribution in [0.25, 0.3) is 0 Å². The van der Waals surface area contributed by atoms with E-state index in [1.54, 1.807) is 45.0 Å². The molecule has 0 saturated heterocycles. The van der Waals surface area contributed by atoms with Gasteiger partial charge >= 0.3 is 5.97 Å². The number of hydrogen-bond acceptors (Lipinski definition) is 2. The Bertz CT molecular complexity index is 450. The van der Waals surface area contributed by atoms with Crippen molar-refractivity contribution in [2.24, 2.45) is 0 Å². The Kier molecular flexibility index (Phi) is 5.68. The molecular weight excluding hydrogens is 330 g/mol. The van der Waals surface area contributed by atoms with Crippen LogP contribution in [-0.4, -0.2) is 17.5 Å².